The molecule has 4 rings (SSSR count). The summed E-state index contributed by atoms with van der Waals surface area (Å²) in [6, 6.07) is 7.82. The van der Waals surface area contributed by atoms with Crippen molar-refractivity contribution in [3.8, 4) is 5.75 Å². The average Bonchev–Trinajstić information content (AvgIpc) is 3.26. The summed E-state index contributed by atoms with van der Waals surface area (Å²) in [7, 11) is 1.38. The number of anilines is 1. The highest BCUT2D eigenvalue weighted by Gasteiger charge is 2.29. The van der Waals surface area contributed by atoms with Crippen LogP contribution in [0.4, 0.5) is 14.5 Å². The van der Waals surface area contributed by atoms with Crippen molar-refractivity contribution in [3.63, 3.8) is 0 Å². The first-order valence-corrected chi connectivity index (χ1v) is 12.9. The molecular formula is C25H28F2N2O3S2. The molecule has 0 aromatic heterocycles. The SMILES string of the molecule is COc1cc(C(=O)O)c(F)cc1NSC1=CSC(c2ccc(C3CCC(C)(C)CC3)cc2F)N1. The lowest BCUT2D eigenvalue weighted by Crippen LogP contribution is -2.20. The summed E-state index contributed by atoms with van der Waals surface area (Å²) < 4.78 is 37.3. The topological polar surface area (TPSA) is 70.6 Å². The van der Waals surface area contributed by atoms with E-state index in [4.69, 9.17) is 9.84 Å². The minimum Gasteiger partial charge on any atom is -0.495 e. The summed E-state index contributed by atoms with van der Waals surface area (Å²) in [6.07, 6.45) is 4.50. The molecule has 1 heterocycles. The number of hydrogen-bond acceptors (Lipinski definition) is 6. The van der Waals surface area contributed by atoms with Crippen LogP contribution in [0, 0.1) is 17.0 Å². The van der Waals surface area contributed by atoms with Crippen LogP contribution in [0.5, 0.6) is 5.75 Å². The van der Waals surface area contributed by atoms with Gasteiger partial charge in [-0.15, -0.1) is 11.8 Å². The molecule has 2 aliphatic rings. The fourth-order valence-corrected chi connectivity index (χ4v) is 6.20. The first-order chi connectivity index (χ1) is 16.2. The number of carboxylic acids is 1. The van der Waals surface area contributed by atoms with Crippen molar-refractivity contribution >= 4 is 35.4 Å². The van der Waals surface area contributed by atoms with Crippen LogP contribution in [0.2, 0.25) is 0 Å². The predicted octanol–water partition coefficient (Wildman–Crippen LogP) is 7.25. The number of halogens is 2. The van der Waals surface area contributed by atoms with E-state index in [9.17, 15) is 9.18 Å². The number of carboxylic acid groups (broad SMARTS) is 1. The van der Waals surface area contributed by atoms with Crippen LogP contribution < -0.4 is 14.8 Å². The number of methoxy groups -OCH3 is 1. The quantitative estimate of drug-likeness (QED) is 0.342. The van der Waals surface area contributed by atoms with Crippen LogP contribution in [-0.4, -0.2) is 18.2 Å². The van der Waals surface area contributed by atoms with Gasteiger partial charge in [-0.05, 0) is 54.7 Å². The molecular weight excluding hydrogens is 478 g/mol. The van der Waals surface area contributed by atoms with Crippen molar-refractivity contribution in [1.29, 1.82) is 0 Å². The summed E-state index contributed by atoms with van der Waals surface area (Å²) in [5, 5.41) is 14.7. The maximum absolute atomic E-state index is 15.0. The summed E-state index contributed by atoms with van der Waals surface area (Å²) >= 11 is 2.64. The van der Waals surface area contributed by atoms with Gasteiger partial charge in [-0.2, -0.15) is 0 Å². The van der Waals surface area contributed by atoms with Crippen LogP contribution in [-0.2, 0) is 0 Å². The molecule has 9 heteroatoms. The van der Waals surface area contributed by atoms with E-state index in [2.05, 4.69) is 23.9 Å². The number of aromatic carboxylic acids is 1. The zero-order valence-electron chi connectivity index (χ0n) is 19.3. The molecule has 0 saturated heterocycles. The van der Waals surface area contributed by atoms with Crippen LogP contribution in [0.3, 0.4) is 0 Å². The van der Waals surface area contributed by atoms with E-state index in [0.717, 1.165) is 48.4 Å². The Morgan fingerprint density at radius 2 is 1.94 bits per heavy atom. The first kappa shape index (κ1) is 24.7. The third kappa shape index (κ3) is 5.46. The maximum atomic E-state index is 15.0. The summed E-state index contributed by atoms with van der Waals surface area (Å²) in [6.45, 7) is 4.59. The molecule has 1 saturated carbocycles. The number of ether oxygens (including phenoxy) is 1. The van der Waals surface area contributed by atoms with Gasteiger partial charge in [0.1, 0.15) is 22.8 Å². The van der Waals surface area contributed by atoms with E-state index in [1.807, 2.05) is 17.5 Å². The average molecular weight is 507 g/mol. The Labute approximate surface area is 206 Å². The molecule has 1 atom stereocenters. The molecule has 1 aliphatic heterocycles. The van der Waals surface area contributed by atoms with Gasteiger partial charge < -0.3 is 19.9 Å². The van der Waals surface area contributed by atoms with Gasteiger partial charge in [-0.3, -0.25) is 0 Å². The third-order valence-electron chi connectivity index (χ3n) is 6.49. The lowest BCUT2D eigenvalue weighted by atomic mass is 9.71. The lowest BCUT2D eigenvalue weighted by molar-refractivity contribution is 0.0691. The summed E-state index contributed by atoms with van der Waals surface area (Å²) in [4.78, 5) is 11.1. The van der Waals surface area contributed by atoms with Crippen molar-refractivity contribution in [3.05, 3.63) is 69.1 Å². The molecule has 2 aromatic rings. The van der Waals surface area contributed by atoms with E-state index in [0.29, 0.717) is 22.6 Å². The molecule has 0 spiro atoms. The highest BCUT2D eigenvalue weighted by atomic mass is 32.2. The third-order valence-corrected chi connectivity index (χ3v) is 8.44. The number of hydrogen-bond donors (Lipinski definition) is 3. The molecule has 0 amide bonds. The maximum Gasteiger partial charge on any atom is 0.338 e. The second kappa shape index (κ2) is 10.1. The number of thioether (sulfide) groups is 1. The van der Waals surface area contributed by atoms with Gasteiger partial charge >= 0.3 is 5.97 Å². The lowest BCUT2D eigenvalue weighted by Gasteiger charge is -2.34. The number of nitrogens with one attached hydrogen (secondary N) is 2. The molecule has 2 aromatic carbocycles. The molecule has 3 N–H and O–H groups in total. The van der Waals surface area contributed by atoms with Crippen molar-refractivity contribution in [2.75, 3.05) is 11.8 Å². The van der Waals surface area contributed by atoms with E-state index in [1.165, 1.54) is 30.8 Å². The van der Waals surface area contributed by atoms with E-state index in [1.54, 1.807) is 6.07 Å². The van der Waals surface area contributed by atoms with E-state index < -0.39 is 17.3 Å². The Hall–Kier alpha value is -2.39. The fourth-order valence-electron chi connectivity index (χ4n) is 4.35. The minimum atomic E-state index is -1.37. The Bertz CT molecular complexity index is 1110. The molecule has 1 aliphatic carbocycles. The van der Waals surface area contributed by atoms with Gasteiger partial charge in [0.05, 0.1) is 23.4 Å². The molecule has 5 nitrogen and oxygen atoms in total. The molecule has 0 bridgehead atoms. The van der Waals surface area contributed by atoms with Crippen LogP contribution >= 0.6 is 23.7 Å². The fraction of sp³-hybridized carbons (Fsp3) is 0.400. The second-order valence-electron chi connectivity index (χ2n) is 9.40. The van der Waals surface area contributed by atoms with E-state index >= 15 is 4.39 Å². The normalized spacial score (nSPS) is 19.9. The molecule has 182 valence electrons. The molecule has 0 radical (unpaired) electrons. The molecule has 1 unspecified atom stereocenters. The number of carbonyl (C=O) groups is 1. The largest absolute Gasteiger partial charge is 0.495 e. The summed E-state index contributed by atoms with van der Waals surface area (Å²) in [5.41, 5.74) is 1.88. The van der Waals surface area contributed by atoms with Gasteiger partial charge in [-0.1, -0.05) is 26.0 Å². The Kier molecular flexibility index (Phi) is 7.33. The smallest absolute Gasteiger partial charge is 0.338 e. The zero-order valence-corrected chi connectivity index (χ0v) is 20.9. The highest BCUT2D eigenvalue weighted by molar-refractivity contribution is 8.07. The standard InChI is InChI=1S/C25H28F2N2O3S2/c1-25(2)8-6-14(7-9-25)15-4-5-16(18(26)10-15)23-28-22(13-33-23)34-29-20-12-19(27)17(24(30)31)11-21(20)32-3/h4-5,10-14,23,28-29H,6-9H2,1-3H3,(H,30,31). The van der Waals surface area contributed by atoms with Crippen molar-refractivity contribution in [2.45, 2.75) is 50.8 Å². The van der Waals surface area contributed by atoms with Crippen molar-refractivity contribution < 1.29 is 23.4 Å². The molecule has 34 heavy (non-hydrogen) atoms. The first-order valence-electron chi connectivity index (χ1n) is 11.1. The monoisotopic (exact) mass is 506 g/mol. The zero-order chi connectivity index (χ0) is 24.5. The van der Waals surface area contributed by atoms with Crippen LogP contribution in [0.25, 0.3) is 0 Å². The van der Waals surface area contributed by atoms with Crippen molar-refractivity contribution in [1.82, 2.24) is 5.32 Å². The Morgan fingerprint density at radius 3 is 2.59 bits per heavy atom. The predicted molar refractivity (Wildman–Crippen MR) is 134 cm³/mol. The van der Waals surface area contributed by atoms with Gasteiger partial charge in [0.2, 0.25) is 0 Å². The van der Waals surface area contributed by atoms with Gasteiger partial charge in [0.15, 0.2) is 0 Å². The minimum absolute atomic E-state index is 0.210. The Balaban J connectivity index is 1.37. The van der Waals surface area contributed by atoms with Crippen LogP contribution in [0.1, 0.15) is 72.3 Å². The number of benzene rings is 2. The van der Waals surface area contributed by atoms with Gasteiger partial charge in [-0.25, -0.2) is 13.6 Å². The summed E-state index contributed by atoms with van der Waals surface area (Å²) in [5.74, 6) is -1.82. The van der Waals surface area contributed by atoms with Gasteiger partial charge in [0, 0.05) is 29.0 Å². The van der Waals surface area contributed by atoms with Crippen LogP contribution in [0.15, 0.2) is 40.8 Å². The molecule has 1 fully saturated rings. The van der Waals surface area contributed by atoms with Gasteiger partial charge in [0.25, 0.3) is 0 Å². The van der Waals surface area contributed by atoms with Crippen molar-refractivity contribution in [2.24, 2.45) is 5.41 Å². The number of rotatable bonds is 7. The Morgan fingerprint density at radius 1 is 1.21 bits per heavy atom. The van der Waals surface area contributed by atoms with E-state index in [-0.39, 0.29) is 16.9 Å². The highest BCUT2D eigenvalue weighted by Crippen LogP contribution is 2.44. The second-order valence-corrected chi connectivity index (χ2v) is 11.2.